The van der Waals surface area contributed by atoms with Crippen molar-refractivity contribution in [2.45, 2.75) is 20.0 Å². The molecular formula is C18H19ClN2O4. The van der Waals surface area contributed by atoms with Gasteiger partial charge in [-0.2, -0.15) is 5.10 Å². The third-order valence-electron chi connectivity index (χ3n) is 3.17. The van der Waals surface area contributed by atoms with Gasteiger partial charge in [0.2, 0.25) is 0 Å². The minimum Gasteiger partial charge on any atom is -0.504 e. The van der Waals surface area contributed by atoms with Gasteiger partial charge < -0.3 is 14.6 Å². The number of hydrazone groups is 1. The molecule has 0 aliphatic heterocycles. The smallest absolute Gasteiger partial charge is 0.280 e. The van der Waals surface area contributed by atoms with Gasteiger partial charge in [0.1, 0.15) is 5.75 Å². The largest absolute Gasteiger partial charge is 0.504 e. The highest BCUT2D eigenvalue weighted by molar-refractivity contribution is 6.30. The molecule has 0 bridgehead atoms. The SMILES string of the molecule is CCOc1cc(/C=N/NC(=O)C(C)Oc2ccc(Cl)cc2)ccc1O. The van der Waals surface area contributed by atoms with E-state index in [1.54, 1.807) is 43.3 Å². The molecule has 132 valence electrons. The fourth-order valence-electron chi connectivity index (χ4n) is 1.91. The average molecular weight is 363 g/mol. The maximum Gasteiger partial charge on any atom is 0.280 e. The summed E-state index contributed by atoms with van der Waals surface area (Å²) >= 11 is 5.80. The van der Waals surface area contributed by atoms with Gasteiger partial charge in [-0.3, -0.25) is 4.79 Å². The average Bonchev–Trinajstić information content (AvgIpc) is 2.59. The van der Waals surface area contributed by atoms with Crippen LogP contribution >= 0.6 is 11.6 Å². The molecule has 0 heterocycles. The van der Waals surface area contributed by atoms with Crippen LogP contribution < -0.4 is 14.9 Å². The second-order valence-corrected chi connectivity index (χ2v) is 5.54. The zero-order valence-electron chi connectivity index (χ0n) is 13.9. The van der Waals surface area contributed by atoms with Gasteiger partial charge in [0.25, 0.3) is 5.91 Å². The summed E-state index contributed by atoms with van der Waals surface area (Å²) in [5, 5.41) is 14.1. The third kappa shape index (κ3) is 5.69. The number of ether oxygens (including phenoxy) is 2. The fourth-order valence-corrected chi connectivity index (χ4v) is 2.04. The monoisotopic (exact) mass is 362 g/mol. The Morgan fingerprint density at radius 2 is 2.04 bits per heavy atom. The number of phenolic OH excluding ortho intramolecular Hbond substituents is 1. The number of amides is 1. The van der Waals surface area contributed by atoms with E-state index in [0.717, 1.165) is 0 Å². The van der Waals surface area contributed by atoms with Crippen LogP contribution in [-0.4, -0.2) is 29.9 Å². The van der Waals surface area contributed by atoms with E-state index in [4.69, 9.17) is 21.1 Å². The molecule has 0 saturated carbocycles. The molecule has 0 fully saturated rings. The molecule has 2 aromatic carbocycles. The molecule has 1 atom stereocenters. The Morgan fingerprint density at radius 3 is 2.72 bits per heavy atom. The lowest BCUT2D eigenvalue weighted by Gasteiger charge is -2.12. The van der Waals surface area contributed by atoms with Gasteiger partial charge in [-0.15, -0.1) is 0 Å². The van der Waals surface area contributed by atoms with Crippen LogP contribution in [-0.2, 0) is 4.79 Å². The molecule has 0 radical (unpaired) electrons. The van der Waals surface area contributed by atoms with Crippen molar-refractivity contribution >= 4 is 23.7 Å². The molecule has 1 unspecified atom stereocenters. The van der Waals surface area contributed by atoms with Crippen LogP contribution in [0.25, 0.3) is 0 Å². The minimum atomic E-state index is -0.725. The first-order valence-corrected chi connectivity index (χ1v) is 8.08. The molecule has 25 heavy (non-hydrogen) atoms. The van der Waals surface area contributed by atoms with Crippen molar-refractivity contribution in [1.29, 1.82) is 0 Å². The number of hydrogen-bond acceptors (Lipinski definition) is 5. The first kappa shape index (κ1) is 18.6. The predicted molar refractivity (Wildman–Crippen MR) is 96.6 cm³/mol. The lowest BCUT2D eigenvalue weighted by atomic mass is 10.2. The van der Waals surface area contributed by atoms with E-state index in [1.165, 1.54) is 12.3 Å². The van der Waals surface area contributed by atoms with Crippen molar-refractivity contribution in [2.24, 2.45) is 5.10 Å². The number of rotatable bonds is 7. The number of aromatic hydroxyl groups is 1. The Hall–Kier alpha value is -2.73. The fraction of sp³-hybridized carbons (Fsp3) is 0.222. The van der Waals surface area contributed by atoms with Crippen LogP contribution in [0.2, 0.25) is 5.02 Å². The number of halogens is 1. The van der Waals surface area contributed by atoms with Crippen molar-refractivity contribution in [1.82, 2.24) is 5.43 Å². The van der Waals surface area contributed by atoms with E-state index < -0.39 is 12.0 Å². The first-order valence-electron chi connectivity index (χ1n) is 7.70. The number of nitrogens with one attached hydrogen (secondary N) is 1. The highest BCUT2D eigenvalue weighted by Gasteiger charge is 2.13. The lowest BCUT2D eigenvalue weighted by Crippen LogP contribution is -2.33. The van der Waals surface area contributed by atoms with Crippen LogP contribution in [0.5, 0.6) is 17.2 Å². The molecular weight excluding hydrogens is 344 g/mol. The zero-order valence-corrected chi connectivity index (χ0v) is 14.7. The molecule has 0 aliphatic rings. The van der Waals surface area contributed by atoms with Crippen LogP contribution in [0.1, 0.15) is 19.4 Å². The number of hydrogen-bond donors (Lipinski definition) is 2. The molecule has 1 amide bonds. The molecule has 2 rings (SSSR count). The Morgan fingerprint density at radius 1 is 1.32 bits per heavy atom. The van der Waals surface area contributed by atoms with Crippen LogP contribution in [0, 0.1) is 0 Å². The van der Waals surface area contributed by atoms with Gasteiger partial charge >= 0.3 is 0 Å². The third-order valence-corrected chi connectivity index (χ3v) is 3.42. The Bertz CT molecular complexity index is 747. The predicted octanol–water partition coefficient (Wildman–Crippen LogP) is 3.36. The summed E-state index contributed by atoms with van der Waals surface area (Å²) in [5.41, 5.74) is 3.08. The highest BCUT2D eigenvalue weighted by Crippen LogP contribution is 2.26. The van der Waals surface area contributed by atoms with Gasteiger partial charge in [-0.25, -0.2) is 5.43 Å². The molecule has 0 spiro atoms. The molecule has 0 aliphatic carbocycles. The standard InChI is InChI=1S/C18H19ClN2O4/c1-3-24-17-10-13(4-9-16(17)22)11-20-21-18(23)12(2)25-15-7-5-14(19)6-8-15/h4-12,22H,3H2,1-2H3,(H,21,23)/b20-11+. The topological polar surface area (TPSA) is 80.2 Å². The van der Waals surface area contributed by atoms with Gasteiger partial charge in [-0.1, -0.05) is 11.6 Å². The van der Waals surface area contributed by atoms with Gasteiger partial charge in [0, 0.05) is 5.02 Å². The summed E-state index contributed by atoms with van der Waals surface area (Å²) in [6, 6.07) is 11.5. The number of benzene rings is 2. The van der Waals surface area contributed by atoms with E-state index in [0.29, 0.717) is 28.7 Å². The summed E-state index contributed by atoms with van der Waals surface area (Å²) in [4.78, 5) is 12.0. The molecule has 0 saturated heterocycles. The Kier molecular flexibility index (Phi) is 6.65. The van der Waals surface area contributed by atoms with Crippen LogP contribution in [0.4, 0.5) is 0 Å². The molecule has 2 N–H and O–H groups in total. The van der Waals surface area contributed by atoms with Crippen molar-refractivity contribution in [3.8, 4) is 17.2 Å². The van der Waals surface area contributed by atoms with Crippen molar-refractivity contribution in [3.05, 3.63) is 53.1 Å². The van der Waals surface area contributed by atoms with E-state index in [1.807, 2.05) is 6.92 Å². The highest BCUT2D eigenvalue weighted by atomic mass is 35.5. The van der Waals surface area contributed by atoms with E-state index in [2.05, 4.69) is 10.5 Å². The summed E-state index contributed by atoms with van der Waals surface area (Å²) in [6.45, 7) is 3.88. The van der Waals surface area contributed by atoms with Crippen molar-refractivity contribution < 1.29 is 19.4 Å². The summed E-state index contributed by atoms with van der Waals surface area (Å²) in [6.07, 6.45) is 0.728. The number of carbonyl (C=O) groups is 1. The normalized spacial score (nSPS) is 12.0. The lowest BCUT2D eigenvalue weighted by molar-refractivity contribution is -0.127. The molecule has 7 heteroatoms. The number of phenols is 1. The van der Waals surface area contributed by atoms with Crippen LogP contribution in [0.3, 0.4) is 0 Å². The van der Waals surface area contributed by atoms with Gasteiger partial charge in [-0.05, 0) is 61.9 Å². The van der Waals surface area contributed by atoms with Crippen LogP contribution in [0.15, 0.2) is 47.6 Å². The second kappa shape index (κ2) is 8.94. The second-order valence-electron chi connectivity index (χ2n) is 5.11. The zero-order chi connectivity index (χ0) is 18.2. The Labute approximate surface area is 151 Å². The van der Waals surface area contributed by atoms with Gasteiger partial charge in [0.15, 0.2) is 17.6 Å². The number of nitrogens with zero attached hydrogens (tertiary/aromatic N) is 1. The van der Waals surface area contributed by atoms with Crippen molar-refractivity contribution in [2.75, 3.05) is 6.61 Å². The molecule has 0 aromatic heterocycles. The summed E-state index contributed by atoms with van der Waals surface area (Å²) in [7, 11) is 0. The Balaban J connectivity index is 1.91. The van der Waals surface area contributed by atoms with Gasteiger partial charge in [0.05, 0.1) is 12.8 Å². The van der Waals surface area contributed by atoms with E-state index in [9.17, 15) is 9.90 Å². The summed E-state index contributed by atoms with van der Waals surface area (Å²) < 4.78 is 10.8. The quantitative estimate of drug-likeness (QED) is 0.584. The first-order chi connectivity index (χ1) is 12.0. The maximum atomic E-state index is 12.0. The maximum absolute atomic E-state index is 12.0. The van der Waals surface area contributed by atoms with E-state index >= 15 is 0 Å². The molecule has 2 aromatic rings. The minimum absolute atomic E-state index is 0.0491. The number of carbonyl (C=O) groups excluding carboxylic acids is 1. The molecule has 6 nitrogen and oxygen atoms in total. The van der Waals surface area contributed by atoms with E-state index in [-0.39, 0.29) is 5.75 Å². The summed E-state index contributed by atoms with van der Waals surface area (Å²) in [5.74, 6) is 0.552. The van der Waals surface area contributed by atoms with Crippen molar-refractivity contribution in [3.63, 3.8) is 0 Å².